The lowest BCUT2D eigenvalue weighted by Crippen LogP contribution is -2.54. The number of imide groups is 2. The minimum atomic E-state index is -0.830. The van der Waals surface area contributed by atoms with E-state index in [2.05, 4.69) is 21.2 Å². The fraction of sp³-hybridized carbons (Fsp3) is 0.0400. The zero-order chi connectivity index (χ0) is 23.5. The highest BCUT2D eigenvalue weighted by atomic mass is 79.9. The summed E-state index contributed by atoms with van der Waals surface area (Å²) in [6.07, 6.45) is 1.31. The zero-order valence-electron chi connectivity index (χ0n) is 17.4. The Morgan fingerprint density at radius 3 is 2.33 bits per heavy atom. The molecule has 1 fully saturated rings. The number of aryl methyl sites for hydroxylation is 1. The summed E-state index contributed by atoms with van der Waals surface area (Å²) in [4.78, 5) is 51.6. The second-order valence-electron chi connectivity index (χ2n) is 7.18. The maximum Gasteiger partial charge on any atom is 0.343 e. The predicted molar refractivity (Wildman–Crippen MR) is 126 cm³/mol. The van der Waals surface area contributed by atoms with Crippen LogP contribution in [-0.2, 0) is 9.59 Å². The SMILES string of the molecule is Cc1ccccc1N1C(=O)NC(=O)/C(=C/c2ccccc2OC(=O)c2ccc(Br)cc2)C1=O. The fourth-order valence-corrected chi connectivity index (χ4v) is 3.55. The maximum absolute atomic E-state index is 13.2. The van der Waals surface area contributed by atoms with Crippen molar-refractivity contribution in [3.05, 3.63) is 99.5 Å². The van der Waals surface area contributed by atoms with Gasteiger partial charge in [-0.1, -0.05) is 52.3 Å². The smallest absolute Gasteiger partial charge is 0.343 e. The second kappa shape index (κ2) is 9.22. The molecule has 1 aliphatic rings. The summed E-state index contributed by atoms with van der Waals surface area (Å²) in [5.41, 5.74) is 1.47. The lowest BCUT2D eigenvalue weighted by Gasteiger charge is -2.27. The van der Waals surface area contributed by atoms with Gasteiger partial charge in [0.25, 0.3) is 11.8 Å². The molecule has 1 heterocycles. The molecule has 33 heavy (non-hydrogen) atoms. The number of anilines is 1. The van der Waals surface area contributed by atoms with Gasteiger partial charge in [0.15, 0.2) is 0 Å². The number of nitrogens with one attached hydrogen (secondary N) is 1. The van der Waals surface area contributed by atoms with Crippen LogP contribution in [0, 0.1) is 6.92 Å². The van der Waals surface area contributed by atoms with Gasteiger partial charge in [0.05, 0.1) is 11.3 Å². The number of hydrogen-bond donors (Lipinski definition) is 1. The average Bonchev–Trinajstić information content (AvgIpc) is 2.79. The van der Waals surface area contributed by atoms with E-state index in [-0.39, 0.29) is 11.3 Å². The van der Waals surface area contributed by atoms with Crippen LogP contribution in [-0.4, -0.2) is 23.8 Å². The van der Waals surface area contributed by atoms with E-state index in [0.29, 0.717) is 22.4 Å². The van der Waals surface area contributed by atoms with Crippen molar-refractivity contribution in [2.45, 2.75) is 6.92 Å². The number of benzene rings is 3. The third kappa shape index (κ3) is 4.61. The molecule has 1 saturated heterocycles. The minimum absolute atomic E-state index is 0.165. The van der Waals surface area contributed by atoms with Gasteiger partial charge in [-0.05, 0) is 55.0 Å². The molecule has 1 aliphatic heterocycles. The summed E-state index contributed by atoms with van der Waals surface area (Å²) < 4.78 is 6.33. The Balaban J connectivity index is 1.68. The number of halogens is 1. The maximum atomic E-state index is 13.2. The fourth-order valence-electron chi connectivity index (χ4n) is 3.28. The van der Waals surface area contributed by atoms with Crippen molar-refractivity contribution in [2.24, 2.45) is 0 Å². The van der Waals surface area contributed by atoms with Gasteiger partial charge in [0.2, 0.25) is 0 Å². The molecule has 0 aromatic heterocycles. The Morgan fingerprint density at radius 2 is 1.61 bits per heavy atom. The van der Waals surface area contributed by atoms with Crippen molar-refractivity contribution in [3.63, 3.8) is 0 Å². The number of barbiturate groups is 1. The van der Waals surface area contributed by atoms with Gasteiger partial charge in [-0.25, -0.2) is 14.5 Å². The number of carbonyl (C=O) groups is 4. The molecule has 7 nitrogen and oxygen atoms in total. The van der Waals surface area contributed by atoms with Crippen LogP contribution < -0.4 is 15.0 Å². The molecule has 0 aliphatic carbocycles. The molecule has 8 heteroatoms. The molecule has 0 saturated carbocycles. The topological polar surface area (TPSA) is 92.8 Å². The number of carbonyl (C=O) groups excluding carboxylic acids is 4. The van der Waals surface area contributed by atoms with E-state index >= 15 is 0 Å². The van der Waals surface area contributed by atoms with Gasteiger partial charge in [-0.2, -0.15) is 0 Å². The Labute approximate surface area is 197 Å². The summed E-state index contributed by atoms with van der Waals surface area (Å²) in [5.74, 6) is -2.03. The van der Waals surface area contributed by atoms with Gasteiger partial charge in [0, 0.05) is 10.0 Å². The van der Waals surface area contributed by atoms with Crippen molar-refractivity contribution < 1.29 is 23.9 Å². The number of nitrogens with zero attached hydrogens (tertiary/aromatic N) is 1. The first-order valence-electron chi connectivity index (χ1n) is 9.89. The molecule has 4 rings (SSSR count). The second-order valence-corrected chi connectivity index (χ2v) is 8.09. The largest absolute Gasteiger partial charge is 0.422 e. The van der Waals surface area contributed by atoms with Crippen LogP contribution >= 0.6 is 15.9 Å². The molecule has 164 valence electrons. The molecule has 1 N–H and O–H groups in total. The van der Waals surface area contributed by atoms with Crippen molar-refractivity contribution >= 4 is 51.5 Å². The summed E-state index contributed by atoms with van der Waals surface area (Å²) >= 11 is 3.31. The molecular formula is C25H17BrN2O5. The first-order valence-corrected chi connectivity index (χ1v) is 10.7. The lowest BCUT2D eigenvalue weighted by molar-refractivity contribution is -0.122. The van der Waals surface area contributed by atoms with Crippen LogP contribution in [0.4, 0.5) is 10.5 Å². The third-order valence-corrected chi connectivity index (χ3v) is 5.49. The van der Waals surface area contributed by atoms with Crippen molar-refractivity contribution in [1.29, 1.82) is 0 Å². The molecule has 0 spiro atoms. The number of urea groups is 1. The van der Waals surface area contributed by atoms with Gasteiger partial charge in [0.1, 0.15) is 11.3 Å². The van der Waals surface area contributed by atoms with Crippen molar-refractivity contribution in [3.8, 4) is 5.75 Å². The van der Waals surface area contributed by atoms with Crippen molar-refractivity contribution in [2.75, 3.05) is 4.90 Å². The van der Waals surface area contributed by atoms with Crippen LogP contribution in [0.2, 0.25) is 0 Å². The van der Waals surface area contributed by atoms with Crippen molar-refractivity contribution in [1.82, 2.24) is 5.32 Å². The van der Waals surface area contributed by atoms with E-state index in [1.165, 1.54) is 6.08 Å². The van der Waals surface area contributed by atoms with E-state index in [1.54, 1.807) is 79.7 Å². The van der Waals surface area contributed by atoms with Gasteiger partial charge in [-0.15, -0.1) is 0 Å². The van der Waals surface area contributed by atoms with E-state index in [1.807, 2.05) is 0 Å². The molecule has 4 amide bonds. The first kappa shape index (κ1) is 22.2. The Bertz CT molecular complexity index is 1310. The number of amides is 4. The van der Waals surface area contributed by atoms with Crippen LogP contribution in [0.15, 0.2) is 82.8 Å². The highest BCUT2D eigenvalue weighted by molar-refractivity contribution is 9.10. The number of esters is 1. The summed E-state index contributed by atoms with van der Waals surface area (Å²) in [6.45, 7) is 1.76. The minimum Gasteiger partial charge on any atom is -0.422 e. The summed E-state index contributed by atoms with van der Waals surface area (Å²) in [6, 6.07) is 19.2. The highest BCUT2D eigenvalue weighted by Crippen LogP contribution is 2.27. The normalized spacial score (nSPS) is 14.9. The quantitative estimate of drug-likeness (QED) is 0.241. The number of rotatable bonds is 4. The summed E-state index contributed by atoms with van der Waals surface area (Å²) in [5, 5.41) is 2.19. The predicted octanol–water partition coefficient (Wildman–Crippen LogP) is 4.64. The third-order valence-electron chi connectivity index (χ3n) is 4.96. The highest BCUT2D eigenvalue weighted by Gasteiger charge is 2.37. The van der Waals surface area contributed by atoms with Crippen LogP contribution in [0.3, 0.4) is 0 Å². The summed E-state index contributed by atoms with van der Waals surface area (Å²) in [7, 11) is 0. The molecule has 0 unspecified atom stereocenters. The molecule has 3 aromatic carbocycles. The van der Waals surface area contributed by atoms with Gasteiger partial charge < -0.3 is 4.74 Å². The Hall–Kier alpha value is -4.04. The number of ether oxygens (including phenoxy) is 1. The molecule has 0 bridgehead atoms. The molecular weight excluding hydrogens is 488 g/mol. The molecule has 3 aromatic rings. The first-order chi connectivity index (χ1) is 15.8. The molecule has 0 atom stereocenters. The van der Waals surface area contributed by atoms with Gasteiger partial charge in [-0.3, -0.25) is 14.9 Å². The van der Waals surface area contributed by atoms with Gasteiger partial charge >= 0.3 is 12.0 Å². The number of para-hydroxylation sites is 2. The van der Waals surface area contributed by atoms with Crippen LogP contribution in [0.5, 0.6) is 5.75 Å². The van der Waals surface area contributed by atoms with Crippen LogP contribution in [0.25, 0.3) is 6.08 Å². The van der Waals surface area contributed by atoms with Crippen LogP contribution in [0.1, 0.15) is 21.5 Å². The van der Waals surface area contributed by atoms with E-state index < -0.39 is 23.8 Å². The standard InChI is InChI=1S/C25H17BrN2O5/c1-15-6-2-4-8-20(15)28-23(30)19(22(29)27-25(28)32)14-17-7-3-5-9-21(17)33-24(31)16-10-12-18(26)13-11-16/h2-14H,1H3,(H,27,29,32)/b19-14-. The monoisotopic (exact) mass is 504 g/mol. The number of hydrogen-bond acceptors (Lipinski definition) is 5. The average molecular weight is 505 g/mol. The molecule has 0 radical (unpaired) electrons. The Morgan fingerprint density at radius 1 is 0.939 bits per heavy atom. The Kier molecular flexibility index (Phi) is 6.19. The van der Waals surface area contributed by atoms with E-state index in [0.717, 1.165) is 9.37 Å². The van der Waals surface area contributed by atoms with E-state index in [4.69, 9.17) is 4.74 Å². The van der Waals surface area contributed by atoms with E-state index in [9.17, 15) is 19.2 Å². The lowest BCUT2D eigenvalue weighted by atomic mass is 10.0. The zero-order valence-corrected chi connectivity index (χ0v) is 19.0.